The van der Waals surface area contributed by atoms with Crippen LogP contribution in [0.3, 0.4) is 0 Å². The van der Waals surface area contributed by atoms with Gasteiger partial charge < -0.3 is 15.7 Å². The minimum absolute atomic E-state index is 0.0753. The van der Waals surface area contributed by atoms with Gasteiger partial charge >= 0.3 is 12.0 Å². The van der Waals surface area contributed by atoms with Gasteiger partial charge in [-0.3, -0.25) is 9.00 Å². The summed E-state index contributed by atoms with van der Waals surface area (Å²) in [5.74, 6) is -0.515. The third kappa shape index (κ3) is 10.8. The molecule has 3 atom stereocenters. The molecule has 0 heterocycles. The number of hydrogen-bond acceptors (Lipinski definition) is 3. The minimum atomic E-state index is -0.863. The van der Waals surface area contributed by atoms with Crippen LogP contribution in [0.5, 0.6) is 0 Å². The standard InChI is InChI=1S/C13H26N2O4S/c1-10(4-5-12(16)17)6-8-14-13(18)15-9-7-11(2)20(3)19/h10-11H,4-9H2,1-3H3,(H,16,17)(H2,14,15,18). The van der Waals surface area contributed by atoms with E-state index < -0.39 is 16.8 Å². The fraction of sp³-hybridized carbons (Fsp3) is 0.846. The number of rotatable bonds is 10. The molecule has 2 amide bonds. The number of carboxylic acid groups (broad SMARTS) is 1. The molecule has 118 valence electrons. The van der Waals surface area contributed by atoms with E-state index in [1.54, 1.807) is 6.26 Å². The van der Waals surface area contributed by atoms with Crippen LogP contribution in [0.25, 0.3) is 0 Å². The molecule has 0 saturated carbocycles. The van der Waals surface area contributed by atoms with E-state index in [9.17, 15) is 13.8 Å². The molecule has 6 nitrogen and oxygen atoms in total. The molecule has 3 unspecified atom stereocenters. The Bertz CT molecular complexity index is 336. The first-order valence-electron chi connectivity index (χ1n) is 6.88. The topological polar surface area (TPSA) is 95.5 Å². The number of carbonyl (C=O) groups is 2. The zero-order chi connectivity index (χ0) is 15.5. The van der Waals surface area contributed by atoms with Crippen molar-refractivity contribution in [1.82, 2.24) is 10.6 Å². The highest BCUT2D eigenvalue weighted by Gasteiger charge is 2.08. The SMILES string of the molecule is CC(CCNC(=O)NCCC(C)S(C)=O)CCC(=O)O. The maximum atomic E-state index is 11.4. The molecule has 0 aliphatic heterocycles. The fourth-order valence-electron chi connectivity index (χ4n) is 1.56. The Kier molecular flexibility index (Phi) is 10.1. The van der Waals surface area contributed by atoms with Crippen LogP contribution in [0.1, 0.15) is 39.5 Å². The second-order valence-electron chi connectivity index (χ2n) is 5.11. The van der Waals surface area contributed by atoms with E-state index >= 15 is 0 Å². The van der Waals surface area contributed by atoms with Crippen LogP contribution in [0.2, 0.25) is 0 Å². The summed E-state index contributed by atoms with van der Waals surface area (Å²) in [5.41, 5.74) is 0. The van der Waals surface area contributed by atoms with Crippen molar-refractivity contribution < 1.29 is 18.9 Å². The van der Waals surface area contributed by atoms with Crippen molar-refractivity contribution in [2.24, 2.45) is 5.92 Å². The number of aliphatic carboxylic acids is 1. The molecule has 7 heteroatoms. The summed E-state index contributed by atoms with van der Waals surface area (Å²) in [5, 5.41) is 14.1. The van der Waals surface area contributed by atoms with Crippen molar-refractivity contribution in [2.45, 2.75) is 44.8 Å². The molecule has 0 bridgehead atoms. The van der Waals surface area contributed by atoms with Crippen LogP contribution in [0.15, 0.2) is 0 Å². The van der Waals surface area contributed by atoms with Gasteiger partial charge in [0.15, 0.2) is 0 Å². The van der Waals surface area contributed by atoms with Crippen LogP contribution in [0, 0.1) is 5.92 Å². The lowest BCUT2D eigenvalue weighted by molar-refractivity contribution is -0.137. The van der Waals surface area contributed by atoms with Crippen molar-refractivity contribution in [3.63, 3.8) is 0 Å². The fourth-order valence-corrected chi connectivity index (χ4v) is 2.01. The molecule has 0 aromatic heterocycles. The van der Waals surface area contributed by atoms with Gasteiger partial charge in [0, 0.05) is 41.8 Å². The minimum Gasteiger partial charge on any atom is -0.481 e. The van der Waals surface area contributed by atoms with E-state index in [2.05, 4.69) is 10.6 Å². The van der Waals surface area contributed by atoms with E-state index in [-0.39, 0.29) is 23.6 Å². The van der Waals surface area contributed by atoms with Gasteiger partial charge in [-0.15, -0.1) is 0 Å². The summed E-state index contributed by atoms with van der Waals surface area (Å²) in [7, 11) is -0.863. The van der Waals surface area contributed by atoms with E-state index in [4.69, 9.17) is 5.11 Å². The average molecular weight is 306 g/mol. The predicted octanol–water partition coefficient (Wildman–Crippen LogP) is 1.33. The third-order valence-electron chi connectivity index (χ3n) is 3.18. The second-order valence-corrected chi connectivity index (χ2v) is 6.91. The second kappa shape index (κ2) is 10.7. The van der Waals surface area contributed by atoms with Crippen LogP contribution in [-0.2, 0) is 15.6 Å². The summed E-state index contributed by atoms with van der Waals surface area (Å²) in [4.78, 5) is 21.9. The van der Waals surface area contributed by atoms with Crippen molar-refractivity contribution in [3.8, 4) is 0 Å². The highest BCUT2D eigenvalue weighted by atomic mass is 32.2. The Morgan fingerprint density at radius 1 is 1.10 bits per heavy atom. The molecule has 0 saturated heterocycles. The molecule has 3 N–H and O–H groups in total. The highest BCUT2D eigenvalue weighted by molar-refractivity contribution is 7.84. The number of urea groups is 1. The van der Waals surface area contributed by atoms with Gasteiger partial charge in [-0.25, -0.2) is 4.79 Å². The van der Waals surface area contributed by atoms with Crippen molar-refractivity contribution in [1.29, 1.82) is 0 Å². The molecule has 0 aliphatic carbocycles. The Balaban J connectivity index is 3.58. The Morgan fingerprint density at radius 2 is 1.65 bits per heavy atom. The highest BCUT2D eigenvalue weighted by Crippen LogP contribution is 2.08. The molecule has 0 aromatic rings. The maximum absolute atomic E-state index is 11.4. The van der Waals surface area contributed by atoms with Crippen LogP contribution >= 0.6 is 0 Å². The lowest BCUT2D eigenvalue weighted by atomic mass is 10.0. The molecule has 0 rings (SSSR count). The van der Waals surface area contributed by atoms with Crippen molar-refractivity contribution >= 4 is 22.8 Å². The van der Waals surface area contributed by atoms with Gasteiger partial charge in [-0.1, -0.05) is 13.8 Å². The third-order valence-corrected chi connectivity index (χ3v) is 4.55. The molecule has 0 fully saturated rings. The summed E-state index contributed by atoms with van der Waals surface area (Å²) in [6, 6.07) is -0.232. The van der Waals surface area contributed by atoms with Crippen LogP contribution < -0.4 is 10.6 Å². The Hall–Kier alpha value is -1.11. The lowest BCUT2D eigenvalue weighted by Crippen LogP contribution is -2.37. The summed E-state index contributed by atoms with van der Waals surface area (Å²) >= 11 is 0. The molecular formula is C13H26N2O4S. The normalized spacial score (nSPS) is 15.2. The van der Waals surface area contributed by atoms with E-state index in [1.807, 2.05) is 13.8 Å². The molecule has 20 heavy (non-hydrogen) atoms. The number of carboxylic acids is 1. The smallest absolute Gasteiger partial charge is 0.314 e. The first-order valence-corrected chi connectivity index (χ1v) is 8.50. The van der Waals surface area contributed by atoms with Gasteiger partial charge in [-0.2, -0.15) is 0 Å². The molecular weight excluding hydrogens is 280 g/mol. The molecule has 0 aliphatic rings. The maximum Gasteiger partial charge on any atom is 0.314 e. The summed E-state index contributed by atoms with van der Waals surface area (Å²) in [6.07, 6.45) is 3.89. The zero-order valence-corrected chi connectivity index (χ0v) is 13.3. The van der Waals surface area contributed by atoms with E-state index in [1.165, 1.54) is 0 Å². The van der Waals surface area contributed by atoms with Crippen LogP contribution in [0.4, 0.5) is 4.79 Å². The molecule has 0 spiro atoms. The first-order chi connectivity index (χ1) is 9.32. The van der Waals surface area contributed by atoms with Crippen molar-refractivity contribution in [2.75, 3.05) is 19.3 Å². The van der Waals surface area contributed by atoms with E-state index in [0.29, 0.717) is 25.9 Å². The average Bonchev–Trinajstić information content (AvgIpc) is 2.36. The monoisotopic (exact) mass is 306 g/mol. The predicted molar refractivity (Wildman–Crippen MR) is 80.2 cm³/mol. The first kappa shape index (κ1) is 18.9. The largest absolute Gasteiger partial charge is 0.481 e. The number of carbonyl (C=O) groups excluding carboxylic acids is 1. The van der Waals surface area contributed by atoms with Gasteiger partial charge in [0.2, 0.25) is 0 Å². The van der Waals surface area contributed by atoms with E-state index in [0.717, 1.165) is 6.42 Å². The molecule has 0 radical (unpaired) electrons. The Labute approximate surface area is 123 Å². The Morgan fingerprint density at radius 3 is 2.15 bits per heavy atom. The van der Waals surface area contributed by atoms with Gasteiger partial charge in [0.05, 0.1) is 0 Å². The molecule has 0 aromatic carbocycles. The number of nitrogens with one attached hydrogen (secondary N) is 2. The summed E-state index contributed by atoms with van der Waals surface area (Å²) < 4.78 is 11.1. The lowest BCUT2D eigenvalue weighted by Gasteiger charge is -2.12. The van der Waals surface area contributed by atoms with Gasteiger partial charge in [-0.05, 0) is 25.2 Å². The van der Waals surface area contributed by atoms with Crippen LogP contribution in [-0.4, -0.2) is 45.9 Å². The van der Waals surface area contributed by atoms with Gasteiger partial charge in [0.25, 0.3) is 0 Å². The summed E-state index contributed by atoms with van der Waals surface area (Å²) in [6.45, 7) is 4.89. The zero-order valence-electron chi connectivity index (χ0n) is 12.5. The van der Waals surface area contributed by atoms with Gasteiger partial charge in [0.1, 0.15) is 0 Å². The van der Waals surface area contributed by atoms with Crippen molar-refractivity contribution in [3.05, 3.63) is 0 Å². The quantitative estimate of drug-likeness (QED) is 0.567. The number of amides is 2. The number of hydrogen-bond donors (Lipinski definition) is 3.